The molecule has 1 aromatic rings. The van der Waals surface area contributed by atoms with E-state index in [4.69, 9.17) is 9.47 Å². The highest BCUT2D eigenvalue weighted by molar-refractivity contribution is 5.83. The van der Waals surface area contributed by atoms with Gasteiger partial charge in [-0.15, -0.1) is 0 Å². The third-order valence-electron chi connectivity index (χ3n) is 3.30. The van der Waals surface area contributed by atoms with Gasteiger partial charge in [-0.05, 0) is 17.5 Å². The van der Waals surface area contributed by atoms with Crippen molar-refractivity contribution in [3.8, 4) is 5.75 Å². The first-order valence-corrected chi connectivity index (χ1v) is 7.31. The summed E-state index contributed by atoms with van der Waals surface area (Å²) in [6.07, 6.45) is 0. The lowest BCUT2D eigenvalue weighted by Crippen LogP contribution is -2.49. The van der Waals surface area contributed by atoms with Gasteiger partial charge in [-0.1, -0.05) is 20.8 Å². The summed E-state index contributed by atoms with van der Waals surface area (Å²) in [5.74, 6) is -0.602. The Bertz CT molecular complexity index is 636. The van der Waals surface area contributed by atoms with Gasteiger partial charge < -0.3 is 14.8 Å². The Morgan fingerprint density at radius 1 is 1.33 bits per heavy atom. The fourth-order valence-electron chi connectivity index (χ4n) is 2.05. The summed E-state index contributed by atoms with van der Waals surface area (Å²) in [7, 11) is 1.43. The zero-order valence-electron chi connectivity index (χ0n) is 14.4. The minimum Gasteiger partial charge on any atom is -0.497 e. The zero-order chi connectivity index (χ0) is 18.5. The number of rotatable bonds is 6. The molecule has 0 spiro atoms. The van der Waals surface area contributed by atoms with Crippen molar-refractivity contribution in [3.63, 3.8) is 0 Å². The summed E-state index contributed by atoms with van der Waals surface area (Å²) >= 11 is 0. The summed E-state index contributed by atoms with van der Waals surface area (Å²) in [5, 5.41) is 13.6. The lowest BCUT2D eigenvalue weighted by Gasteiger charge is -2.29. The molecule has 0 fully saturated rings. The molecule has 8 nitrogen and oxygen atoms in total. The van der Waals surface area contributed by atoms with Crippen molar-refractivity contribution in [1.82, 2.24) is 5.32 Å². The molecule has 0 unspecified atom stereocenters. The van der Waals surface area contributed by atoms with E-state index in [-0.39, 0.29) is 23.8 Å². The molecule has 0 aliphatic rings. The number of nitrogens with one attached hydrogen (secondary N) is 1. The number of hydrogen-bond donors (Lipinski definition) is 1. The van der Waals surface area contributed by atoms with Gasteiger partial charge in [0.25, 0.3) is 5.69 Å². The molecular formula is C16H22N2O6. The smallest absolute Gasteiger partial charge is 0.329 e. The number of amides is 1. The number of nitrogens with zero attached hydrogens (tertiary/aromatic N) is 1. The van der Waals surface area contributed by atoms with Gasteiger partial charge in [-0.2, -0.15) is 0 Å². The quantitative estimate of drug-likeness (QED) is 0.484. The van der Waals surface area contributed by atoms with E-state index in [9.17, 15) is 19.7 Å². The van der Waals surface area contributed by atoms with Crippen LogP contribution in [0.3, 0.4) is 0 Å². The second-order valence-corrected chi connectivity index (χ2v) is 6.36. The average Bonchev–Trinajstić information content (AvgIpc) is 2.48. The molecule has 0 aliphatic heterocycles. The summed E-state index contributed by atoms with van der Waals surface area (Å²) < 4.78 is 10.2. The molecule has 0 saturated heterocycles. The van der Waals surface area contributed by atoms with Crippen LogP contribution in [-0.4, -0.2) is 30.0 Å². The van der Waals surface area contributed by atoms with Gasteiger partial charge in [0.2, 0.25) is 5.91 Å². The van der Waals surface area contributed by atoms with Crippen LogP contribution < -0.4 is 10.1 Å². The number of ether oxygens (including phenoxy) is 2. The minimum absolute atomic E-state index is 0.171. The summed E-state index contributed by atoms with van der Waals surface area (Å²) in [6, 6.07) is 3.32. The Balaban J connectivity index is 2.96. The number of methoxy groups -OCH3 is 1. The van der Waals surface area contributed by atoms with Crippen LogP contribution in [0.1, 0.15) is 33.3 Å². The van der Waals surface area contributed by atoms with Crippen LogP contribution in [0, 0.1) is 15.5 Å². The van der Waals surface area contributed by atoms with E-state index in [0.717, 1.165) is 0 Å². The van der Waals surface area contributed by atoms with Crippen molar-refractivity contribution in [2.75, 3.05) is 7.11 Å². The molecule has 0 aromatic heterocycles. The Kier molecular flexibility index (Phi) is 6.27. The lowest BCUT2D eigenvalue weighted by atomic mass is 9.86. The van der Waals surface area contributed by atoms with Gasteiger partial charge in [0.15, 0.2) is 0 Å². The molecule has 1 N–H and O–H groups in total. The highest BCUT2D eigenvalue weighted by Gasteiger charge is 2.33. The molecule has 1 amide bonds. The fourth-order valence-corrected chi connectivity index (χ4v) is 2.05. The van der Waals surface area contributed by atoms with Crippen molar-refractivity contribution >= 4 is 17.6 Å². The molecule has 0 saturated carbocycles. The number of nitro benzene ring substituents is 1. The first kappa shape index (κ1) is 19.4. The second-order valence-electron chi connectivity index (χ2n) is 6.36. The molecule has 0 radical (unpaired) electrons. The standard InChI is InChI=1S/C16H22N2O6/c1-10(19)17-14(16(2,3)4)15(20)24-9-11-8-12(23-5)6-7-13(11)18(21)22/h6-8,14H,9H2,1-5H3,(H,17,19)/t14-/m0/s1. The van der Waals surface area contributed by atoms with Gasteiger partial charge in [-0.3, -0.25) is 14.9 Å². The van der Waals surface area contributed by atoms with E-state index in [1.54, 1.807) is 20.8 Å². The molecular weight excluding hydrogens is 316 g/mol. The van der Waals surface area contributed by atoms with Crippen LogP contribution >= 0.6 is 0 Å². The van der Waals surface area contributed by atoms with Gasteiger partial charge in [0.1, 0.15) is 18.4 Å². The molecule has 0 bridgehead atoms. The number of carbonyl (C=O) groups is 2. The van der Waals surface area contributed by atoms with Crippen molar-refractivity contribution in [2.45, 2.75) is 40.3 Å². The fraction of sp³-hybridized carbons (Fsp3) is 0.500. The van der Waals surface area contributed by atoms with Crippen LogP contribution in [0.4, 0.5) is 5.69 Å². The number of benzene rings is 1. The number of esters is 1. The number of hydrogen-bond acceptors (Lipinski definition) is 6. The molecule has 8 heteroatoms. The Labute approximate surface area is 140 Å². The number of nitro groups is 1. The highest BCUT2D eigenvalue weighted by Crippen LogP contribution is 2.26. The minimum atomic E-state index is -0.861. The van der Waals surface area contributed by atoms with E-state index < -0.39 is 22.3 Å². The predicted molar refractivity (Wildman–Crippen MR) is 86.5 cm³/mol. The normalized spacial score (nSPS) is 12.2. The first-order chi connectivity index (χ1) is 11.1. The number of carbonyl (C=O) groups excluding carboxylic acids is 2. The van der Waals surface area contributed by atoms with E-state index >= 15 is 0 Å². The van der Waals surface area contributed by atoms with Gasteiger partial charge in [-0.25, -0.2) is 4.79 Å². The summed E-state index contributed by atoms with van der Waals surface area (Å²) in [6.45, 7) is 6.35. The van der Waals surface area contributed by atoms with Crippen molar-refractivity contribution in [2.24, 2.45) is 5.41 Å². The van der Waals surface area contributed by atoms with Crippen molar-refractivity contribution in [1.29, 1.82) is 0 Å². The molecule has 1 rings (SSSR count). The zero-order valence-corrected chi connectivity index (χ0v) is 14.4. The summed E-state index contributed by atoms with van der Waals surface area (Å²) in [4.78, 5) is 34.1. The maximum Gasteiger partial charge on any atom is 0.329 e. The van der Waals surface area contributed by atoms with E-state index in [1.807, 2.05) is 0 Å². The van der Waals surface area contributed by atoms with Gasteiger partial charge in [0, 0.05) is 13.0 Å². The Hall–Kier alpha value is -2.64. The molecule has 0 aliphatic carbocycles. The maximum absolute atomic E-state index is 12.3. The van der Waals surface area contributed by atoms with Crippen LogP contribution in [0.2, 0.25) is 0 Å². The highest BCUT2D eigenvalue weighted by atomic mass is 16.6. The lowest BCUT2D eigenvalue weighted by molar-refractivity contribution is -0.385. The molecule has 1 aromatic carbocycles. The van der Waals surface area contributed by atoms with Crippen LogP contribution in [0.15, 0.2) is 18.2 Å². The first-order valence-electron chi connectivity index (χ1n) is 7.31. The predicted octanol–water partition coefficient (Wildman–Crippen LogP) is 2.20. The van der Waals surface area contributed by atoms with Crippen LogP contribution in [-0.2, 0) is 20.9 Å². The monoisotopic (exact) mass is 338 g/mol. The van der Waals surface area contributed by atoms with E-state index in [1.165, 1.54) is 32.2 Å². The van der Waals surface area contributed by atoms with Gasteiger partial charge in [0.05, 0.1) is 17.6 Å². The third-order valence-corrected chi connectivity index (χ3v) is 3.30. The van der Waals surface area contributed by atoms with Crippen molar-refractivity contribution in [3.05, 3.63) is 33.9 Å². The average molecular weight is 338 g/mol. The van der Waals surface area contributed by atoms with Gasteiger partial charge >= 0.3 is 5.97 Å². The second kappa shape index (κ2) is 7.76. The summed E-state index contributed by atoms with van der Waals surface area (Å²) in [5.41, 5.74) is -0.526. The van der Waals surface area contributed by atoms with E-state index in [0.29, 0.717) is 5.75 Å². The SMILES string of the molecule is COc1ccc([N+](=O)[O-])c(COC(=O)[C@H](NC(C)=O)C(C)(C)C)c1. The molecule has 24 heavy (non-hydrogen) atoms. The molecule has 0 heterocycles. The third kappa shape index (κ3) is 5.22. The molecule has 132 valence electrons. The topological polar surface area (TPSA) is 108 Å². The molecule has 1 atom stereocenters. The van der Waals surface area contributed by atoms with E-state index in [2.05, 4.69) is 5.32 Å². The van der Waals surface area contributed by atoms with Crippen LogP contribution in [0.25, 0.3) is 0 Å². The Morgan fingerprint density at radius 2 is 1.96 bits per heavy atom. The van der Waals surface area contributed by atoms with Crippen LogP contribution in [0.5, 0.6) is 5.75 Å². The largest absolute Gasteiger partial charge is 0.497 e. The Morgan fingerprint density at radius 3 is 2.42 bits per heavy atom. The maximum atomic E-state index is 12.3. The van der Waals surface area contributed by atoms with Crippen molar-refractivity contribution < 1.29 is 24.0 Å².